The topological polar surface area (TPSA) is 94.4 Å². The van der Waals surface area contributed by atoms with Crippen LogP contribution in [0.1, 0.15) is 66.5 Å². The van der Waals surface area contributed by atoms with Crippen LogP contribution in [0.5, 0.6) is 0 Å². The minimum absolute atomic E-state index is 0.00986. The van der Waals surface area contributed by atoms with Crippen LogP contribution in [0.3, 0.4) is 0 Å². The predicted octanol–water partition coefficient (Wildman–Crippen LogP) is 4.77. The van der Waals surface area contributed by atoms with Gasteiger partial charge in [0.15, 0.2) is 0 Å². The van der Waals surface area contributed by atoms with Gasteiger partial charge in [0.2, 0.25) is 11.8 Å². The van der Waals surface area contributed by atoms with E-state index in [1.165, 1.54) is 16.7 Å². The molecule has 0 spiro atoms. The number of hydrogen-bond acceptors (Lipinski definition) is 6. The third-order valence-corrected chi connectivity index (χ3v) is 8.37. The van der Waals surface area contributed by atoms with Gasteiger partial charge >= 0.3 is 0 Å². The summed E-state index contributed by atoms with van der Waals surface area (Å²) in [6, 6.07) is 8.63. The average molecular weight is 505 g/mol. The van der Waals surface area contributed by atoms with Crippen molar-refractivity contribution in [1.82, 2.24) is 9.88 Å². The van der Waals surface area contributed by atoms with Gasteiger partial charge in [0.25, 0.3) is 5.91 Å². The van der Waals surface area contributed by atoms with Crippen molar-refractivity contribution in [3.63, 3.8) is 0 Å². The number of aromatic nitrogens is 1. The van der Waals surface area contributed by atoms with Gasteiger partial charge in [0, 0.05) is 11.7 Å². The Balaban J connectivity index is 1.60. The highest BCUT2D eigenvalue weighted by Crippen LogP contribution is 2.33. The Morgan fingerprint density at radius 3 is 2.39 bits per heavy atom. The number of carbonyl (C=O) groups is 3. The van der Waals surface area contributed by atoms with Gasteiger partial charge in [-0.15, -0.1) is 0 Å². The van der Waals surface area contributed by atoms with E-state index in [2.05, 4.69) is 11.1 Å². The largest absolute Gasteiger partial charge is 0.326 e. The zero-order chi connectivity index (χ0) is 26.0. The van der Waals surface area contributed by atoms with E-state index >= 15 is 0 Å². The standard InChI is InChI=1S/C28H32N4O3S/c1-17-10-12-22(13-11-17)32-25(33)14-24(28(32)35)31(21-8-6-5-7-9-21)26(34)16-36-27-23(15-29)19(3)18(2)20(4)30-27/h10-13,21,24H,5-9,14,16H2,1-4H3. The van der Waals surface area contributed by atoms with E-state index in [-0.39, 0.29) is 35.9 Å². The van der Waals surface area contributed by atoms with Gasteiger partial charge in [0.05, 0.1) is 23.4 Å². The van der Waals surface area contributed by atoms with Crippen LogP contribution < -0.4 is 4.90 Å². The number of carbonyl (C=O) groups excluding carboxylic acids is 3. The summed E-state index contributed by atoms with van der Waals surface area (Å²) in [6.45, 7) is 7.67. The van der Waals surface area contributed by atoms with E-state index in [9.17, 15) is 19.6 Å². The molecule has 1 aromatic heterocycles. The lowest BCUT2D eigenvalue weighted by Gasteiger charge is -2.37. The number of benzene rings is 1. The number of rotatable bonds is 6. The molecule has 8 heteroatoms. The minimum Gasteiger partial charge on any atom is -0.326 e. The molecule has 0 radical (unpaired) electrons. The third kappa shape index (κ3) is 5.03. The van der Waals surface area contributed by atoms with Gasteiger partial charge in [-0.3, -0.25) is 14.4 Å². The van der Waals surface area contributed by atoms with Crippen LogP contribution >= 0.6 is 11.8 Å². The molecule has 1 atom stereocenters. The van der Waals surface area contributed by atoms with E-state index in [1.807, 2.05) is 39.8 Å². The second kappa shape index (κ2) is 10.8. The Hall–Kier alpha value is -3.18. The molecule has 36 heavy (non-hydrogen) atoms. The Morgan fingerprint density at radius 1 is 1.08 bits per heavy atom. The molecule has 7 nitrogen and oxygen atoms in total. The molecule has 1 aliphatic heterocycles. The highest BCUT2D eigenvalue weighted by atomic mass is 32.2. The SMILES string of the molecule is Cc1ccc(N2C(=O)CC(N(C(=O)CSc3nc(C)c(C)c(C)c3C#N)C3CCCCC3)C2=O)cc1. The lowest BCUT2D eigenvalue weighted by Crippen LogP contribution is -2.52. The number of imide groups is 1. The van der Waals surface area contributed by atoms with Crippen LogP contribution in [0.25, 0.3) is 0 Å². The molecule has 1 aromatic carbocycles. The van der Waals surface area contributed by atoms with E-state index in [1.54, 1.807) is 17.0 Å². The molecule has 1 unspecified atom stereocenters. The van der Waals surface area contributed by atoms with E-state index in [0.717, 1.165) is 54.5 Å². The first-order valence-electron chi connectivity index (χ1n) is 12.5. The number of nitriles is 1. The maximum atomic E-state index is 13.7. The number of aryl methyl sites for hydroxylation is 2. The number of hydrogen-bond donors (Lipinski definition) is 0. The van der Waals surface area contributed by atoms with Crippen molar-refractivity contribution in [2.24, 2.45) is 0 Å². The number of thioether (sulfide) groups is 1. The summed E-state index contributed by atoms with van der Waals surface area (Å²) in [4.78, 5) is 47.7. The summed E-state index contributed by atoms with van der Waals surface area (Å²) in [5.74, 6) is -0.757. The van der Waals surface area contributed by atoms with Crippen molar-refractivity contribution in [2.45, 2.75) is 83.3 Å². The first-order valence-corrected chi connectivity index (χ1v) is 13.5. The fourth-order valence-electron chi connectivity index (χ4n) is 5.14. The Labute approximate surface area is 216 Å². The van der Waals surface area contributed by atoms with E-state index in [4.69, 9.17) is 0 Å². The molecule has 2 aromatic rings. The molecule has 2 aliphatic rings. The van der Waals surface area contributed by atoms with Crippen molar-refractivity contribution < 1.29 is 14.4 Å². The number of nitrogens with zero attached hydrogens (tertiary/aromatic N) is 4. The monoisotopic (exact) mass is 504 g/mol. The highest BCUT2D eigenvalue weighted by molar-refractivity contribution is 8.00. The lowest BCUT2D eigenvalue weighted by molar-refractivity contribution is -0.139. The van der Waals surface area contributed by atoms with Crippen LogP contribution in [0, 0.1) is 39.0 Å². The van der Waals surface area contributed by atoms with Gasteiger partial charge in [-0.05, 0) is 63.8 Å². The fraction of sp³-hybridized carbons (Fsp3) is 0.464. The summed E-state index contributed by atoms with van der Waals surface area (Å²) in [6.07, 6.45) is 4.73. The molecule has 2 heterocycles. The van der Waals surface area contributed by atoms with Crippen molar-refractivity contribution in [3.05, 3.63) is 52.2 Å². The molecular formula is C28H32N4O3S. The molecule has 4 rings (SSSR count). The number of amides is 3. The third-order valence-electron chi connectivity index (χ3n) is 7.41. The van der Waals surface area contributed by atoms with Crippen molar-refractivity contribution in [1.29, 1.82) is 5.26 Å². The molecule has 2 fully saturated rings. The number of pyridine rings is 1. The number of anilines is 1. The van der Waals surface area contributed by atoms with Gasteiger partial charge in [-0.2, -0.15) is 5.26 Å². The van der Waals surface area contributed by atoms with Crippen LogP contribution in [-0.2, 0) is 14.4 Å². The summed E-state index contributed by atoms with van der Waals surface area (Å²) in [7, 11) is 0. The summed E-state index contributed by atoms with van der Waals surface area (Å²) < 4.78 is 0. The second-order valence-corrected chi connectivity index (χ2v) is 10.7. The molecule has 1 saturated heterocycles. The zero-order valence-corrected chi connectivity index (χ0v) is 22.2. The first-order chi connectivity index (χ1) is 17.2. The maximum absolute atomic E-state index is 13.7. The van der Waals surface area contributed by atoms with E-state index in [0.29, 0.717) is 16.3 Å². The zero-order valence-electron chi connectivity index (χ0n) is 21.3. The molecule has 1 saturated carbocycles. The van der Waals surface area contributed by atoms with Crippen molar-refractivity contribution in [3.8, 4) is 6.07 Å². The smallest absolute Gasteiger partial charge is 0.257 e. The van der Waals surface area contributed by atoms with Crippen LogP contribution in [-0.4, -0.2) is 45.4 Å². The van der Waals surface area contributed by atoms with Gasteiger partial charge in [-0.1, -0.05) is 48.7 Å². The Morgan fingerprint density at radius 2 is 1.75 bits per heavy atom. The molecule has 188 valence electrons. The Kier molecular flexibility index (Phi) is 7.79. The predicted molar refractivity (Wildman–Crippen MR) is 140 cm³/mol. The summed E-state index contributed by atoms with van der Waals surface area (Å²) >= 11 is 1.23. The quantitative estimate of drug-likeness (QED) is 0.415. The fourth-order valence-corrected chi connectivity index (χ4v) is 6.10. The maximum Gasteiger partial charge on any atom is 0.257 e. The normalized spacial score (nSPS) is 18.4. The average Bonchev–Trinajstić information content (AvgIpc) is 3.16. The Bertz CT molecular complexity index is 1230. The van der Waals surface area contributed by atoms with Crippen LogP contribution in [0.2, 0.25) is 0 Å². The summed E-state index contributed by atoms with van der Waals surface area (Å²) in [5.41, 5.74) is 4.73. The molecular weight excluding hydrogens is 472 g/mol. The van der Waals surface area contributed by atoms with Crippen LogP contribution in [0.15, 0.2) is 29.3 Å². The molecule has 3 amide bonds. The van der Waals surface area contributed by atoms with Crippen molar-refractivity contribution in [2.75, 3.05) is 10.7 Å². The minimum atomic E-state index is -0.806. The molecule has 1 aliphatic carbocycles. The van der Waals surface area contributed by atoms with Gasteiger partial charge in [0.1, 0.15) is 17.1 Å². The lowest BCUT2D eigenvalue weighted by atomic mass is 9.92. The summed E-state index contributed by atoms with van der Waals surface area (Å²) in [5, 5.41) is 10.2. The van der Waals surface area contributed by atoms with Gasteiger partial charge in [-0.25, -0.2) is 9.88 Å². The second-order valence-electron chi connectivity index (χ2n) is 9.74. The molecule has 0 N–H and O–H groups in total. The molecule has 0 bridgehead atoms. The van der Waals surface area contributed by atoms with Crippen LogP contribution in [0.4, 0.5) is 5.69 Å². The highest BCUT2D eigenvalue weighted by Gasteiger charge is 2.46. The van der Waals surface area contributed by atoms with Crippen molar-refractivity contribution >= 4 is 35.2 Å². The van der Waals surface area contributed by atoms with Gasteiger partial charge < -0.3 is 4.90 Å². The van der Waals surface area contributed by atoms with E-state index < -0.39 is 6.04 Å². The first kappa shape index (κ1) is 25.9.